The summed E-state index contributed by atoms with van der Waals surface area (Å²) >= 11 is 1.55. The number of thiophene rings is 1. The van der Waals surface area contributed by atoms with Crippen LogP contribution in [0, 0.1) is 5.82 Å². The van der Waals surface area contributed by atoms with E-state index in [1.165, 1.54) is 24.3 Å². The van der Waals surface area contributed by atoms with E-state index in [0.29, 0.717) is 27.7 Å². The molecule has 2 aromatic carbocycles. The number of nitrogens with zero attached hydrogens (tertiary/aromatic N) is 3. The number of halogens is 1. The third kappa shape index (κ3) is 3.44. The summed E-state index contributed by atoms with van der Waals surface area (Å²) < 4.78 is 18.6. The summed E-state index contributed by atoms with van der Waals surface area (Å²) in [6.07, 6.45) is 0. The molecule has 0 radical (unpaired) electrons. The van der Waals surface area contributed by atoms with Crippen LogP contribution in [-0.4, -0.2) is 21.1 Å². The van der Waals surface area contributed by atoms with Gasteiger partial charge in [-0.3, -0.25) is 10.1 Å². The minimum Gasteiger partial charge on any atom is -0.403 e. The van der Waals surface area contributed by atoms with Crippen molar-refractivity contribution in [3.8, 4) is 22.0 Å². The van der Waals surface area contributed by atoms with Gasteiger partial charge in [-0.1, -0.05) is 29.4 Å². The van der Waals surface area contributed by atoms with Crippen LogP contribution in [0.15, 0.2) is 76.5 Å². The van der Waals surface area contributed by atoms with Crippen LogP contribution in [0.2, 0.25) is 0 Å². The van der Waals surface area contributed by atoms with Gasteiger partial charge in [0.2, 0.25) is 5.89 Å². The Bertz CT molecular complexity index is 1350. The number of benzene rings is 2. The fourth-order valence-electron chi connectivity index (χ4n) is 3.06. The highest BCUT2D eigenvalue weighted by atomic mass is 32.1. The Morgan fingerprint density at radius 3 is 2.63 bits per heavy atom. The van der Waals surface area contributed by atoms with Crippen molar-refractivity contribution in [2.75, 3.05) is 5.32 Å². The molecule has 0 bridgehead atoms. The van der Waals surface area contributed by atoms with Crippen LogP contribution < -0.4 is 5.32 Å². The lowest BCUT2D eigenvalue weighted by Crippen LogP contribution is -2.13. The molecule has 146 valence electrons. The van der Waals surface area contributed by atoms with Crippen molar-refractivity contribution in [1.82, 2.24) is 15.2 Å². The van der Waals surface area contributed by atoms with Gasteiger partial charge in [-0.15, -0.1) is 16.4 Å². The quantitative estimate of drug-likeness (QED) is 0.424. The van der Waals surface area contributed by atoms with Crippen molar-refractivity contribution in [3.05, 3.63) is 83.5 Å². The van der Waals surface area contributed by atoms with Gasteiger partial charge in [-0.2, -0.15) is 0 Å². The maximum Gasteiger partial charge on any atom is 0.322 e. The van der Waals surface area contributed by atoms with Crippen molar-refractivity contribution in [1.29, 1.82) is 0 Å². The van der Waals surface area contributed by atoms with Gasteiger partial charge in [-0.05, 0) is 47.8 Å². The van der Waals surface area contributed by atoms with E-state index in [1.807, 2.05) is 41.8 Å². The number of para-hydroxylation sites is 1. The summed E-state index contributed by atoms with van der Waals surface area (Å²) in [5.41, 5.74) is 2.43. The number of aromatic nitrogens is 3. The van der Waals surface area contributed by atoms with Crippen LogP contribution in [0.5, 0.6) is 0 Å². The molecule has 30 heavy (non-hydrogen) atoms. The molecular formula is C22H13FN4O2S. The Balaban J connectivity index is 1.48. The van der Waals surface area contributed by atoms with Crippen LogP contribution in [0.25, 0.3) is 32.9 Å². The first kappa shape index (κ1) is 18.1. The molecule has 1 N–H and O–H groups in total. The monoisotopic (exact) mass is 416 g/mol. The number of rotatable bonds is 4. The third-order valence-corrected chi connectivity index (χ3v) is 5.36. The molecule has 0 atom stereocenters. The molecule has 0 aliphatic carbocycles. The molecule has 5 aromatic rings. The summed E-state index contributed by atoms with van der Waals surface area (Å²) in [6, 6.07) is 18.7. The molecule has 0 saturated heterocycles. The molecule has 5 rings (SSSR count). The molecule has 0 aliphatic rings. The largest absolute Gasteiger partial charge is 0.403 e. The Labute approximate surface area is 174 Å². The van der Waals surface area contributed by atoms with E-state index < -0.39 is 0 Å². The molecule has 1 amide bonds. The average molecular weight is 416 g/mol. The fourth-order valence-corrected chi connectivity index (χ4v) is 3.75. The first-order valence-electron chi connectivity index (χ1n) is 9.02. The van der Waals surface area contributed by atoms with E-state index in [0.717, 1.165) is 4.88 Å². The van der Waals surface area contributed by atoms with Crippen LogP contribution >= 0.6 is 11.3 Å². The van der Waals surface area contributed by atoms with Crippen LogP contribution in [-0.2, 0) is 0 Å². The molecule has 0 spiro atoms. The molecule has 3 heterocycles. The van der Waals surface area contributed by atoms with Crippen molar-refractivity contribution < 1.29 is 13.6 Å². The normalized spacial score (nSPS) is 11.0. The van der Waals surface area contributed by atoms with Gasteiger partial charge in [0, 0.05) is 10.9 Å². The molecular weight excluding hydrogens is 403 g/mol. The van der Waals surface area contributed by atoms with Gasteiger partial charge < -0.3 is 4.42 Å². The minimum atomic E-state index is -0.388. The molecule has 0 aliphatic heterocycles. The van der Waals surface area contributed by atoms with Crippen molar-refractivity contribution in [2.45, 2.75) is 0 Å². The molecule has 0 saturated carbocycles. The summed E-state index contributed by atoms with van der Waals surface area (Å²) in [4.78, 5) is 18.7. The highest BCUT2D eigenvalue weighted by Gasteiger charge is 2.17. The Morgan fingerprint density at radius 2 is 1.83 bits per heavy atom. The van der Waals surface area contributed by atoms with E-state index in [4.69, 9.17) is 4.42 Å². The SMILES string of the molecule is O=C(Nc1nnc(-c2ccc(F)cc2)o1)c1cc(-c2cccs2)nc2ccccc12. The van der Waals surface area contributed by atoms with E-state index in [9.17, 15) is 9.18 Å². The predicted octanol–water partition coefficient (Wildman–Crippen LogP) is 5.40. The van der Waals surface area contributed by atoms with Crippen molar-refractivity contribution in [2.24, 2.45) is 0 Å². The van der Waals surface area contributed by atoms with Gasteiger partial charge in [0.1, 0.15) is 5.82 Å². The van der Waals surface area contributed by atoms with Crippen molar-refractivity contribution in [3.63, 3.8) is 0 Å². The summed E-state index contributed by atoms with van der Waals surface area (Å²) in [7, 11) is 0. The highest BCUT2D eigenvalue weighted by molar-refractivity contribution is 7.13. The maximum absolute atomic E-state index is 13.1. The topological polar surface area (TPSA) is 80.9 Å². The van der Waals surface area contributed by atoms with Gasteiger partial charge >= 0.3 is 6.01 Å². The molecule has 0 unspecified atom stereocenters. The molecule has 6 nitrogen and oxygen atoms in total. The number of hydrogen-bond acceptors (Lipinski definition) is 6. The smallest absolute Gasteiger partial charge is 0.322 e. The molecule has 0 fully saturated rings. The number of carbonyl (C=O) groups is 1. The van der Waals surface area contributed by atoms with E-state index in [2.05, 4.69) is 20.5 Å². The van der Waals surface area contributed by atoms with E-state index >= 15 is 0 Å². The number of anilines is 1. The number of nitrogens with one attached hydrogen (secondary N) is 1. The fraction of sp³-hybridized carbons (Fsp3) is 0. The highest BCUT2D eigenvalue weighted by Crippen LogP contribution is 2.28. The zero-order valence-corrected chi connectivity index (χ0v) is 16.2. The first-order valence-corrected chi connectivity index (χ1v) is 9.90. The van der Waals surface area contributed by atoms with E-state index in [1.54, 1.807) is 17.4 Å². The van der Waals surface area contributed by atoms with Crippen LogP contribution in [0.4, 0.5) is 10.4 Å². The predicted molar refractivity (Wildman–Crippen MR) is 113 cm³/mol. The summed E-state index contributed by atoms with van der Waals surface area (Å²) in [5.74, 6) is -0.567. The second-order valence-corrected chi connectivity index (χ2v) is 7.37. The summed E-state index contributed by atoms with van der Waals surface area (Å²) in [6.45, 7) is 0. The van der Waals surface area contributed by atoms with Crippen molar-refractivity contribution >= 4 is 34.2 Å². The first-order chi connectivity index (χ1) is 14.7. The van der Waals surface area contributed by atoms with Crippen LogP contribution in [0.1, 0.15) is 10.4 Å². The second kappa shape index (κ2) is 7.49. The zero-order chi connectivity index (χ0) is 20.5. The minimum absolute atomic E-state index is 0.0436. The Morgan fingerprint density at radius 1 is 1.00 bits per heavy atom. The number of hydrogen-bond donors (Lipinski definition) is 1. The maximum atomic E-state index is 13.1. The lowest BCUT2D eigenvalue weighted by molar-refractivity contribution is 0.102. The lowest BCUT2D eigenvalue weighted by Gasteiger charge is -2.08. The number of amides is 1. The Kier molecular flexibility index (Phi) is 4.53. The average Bonchev–Trinajstić information content (AvgIpc) is 3.46. The lowest BCUT2D eigenvalue weighted by atomic mass is 10.1. The Hall–Kier alpha value is -3.91. The van der Waals surface area contributed by atoms with Gasteiger partial charge in [0.25, 0.3) is 5.91 Å². The van der Waals surface area contributed by atoms with Crippen LogP contribution in [0.3, 0.4) is 0 Å². The standard InChI is InChI=1S/C22H13FN4O2S/c23-14-9-7-13(8-10-14)21-26-27-22(29-21)25-20(28)16-12-18(19-6-3-11-30-19)24-17-5-2-1-4-15(16)17/h1-12H,(H,25,27,28). The number of pyridine rings is 1. The molecule has 3 aromatic heterocycles. The number of fused-ring (bicyclic) bond motifs is 1. The second-order valence-electron chi connectivity index (χ2n) is 6.42. The summed E-state index contributed by atoms with van der Waals surface area (Å²) in [5, 5.41) is 13.1. The number of carbonyl (C=O) groups excluding carboxylic acids is 1. The zero-order valence-electron chi connectivity index (χ0n) is 15.4. The van der Waals surface area contributed by atoms with Gasteiger partial charge in [0.15, 0.2) is 0 Å². The van der Waals surface area contributed by atoms with E-state index in [-0.39, 0.29) is 23.6 Å². The van der Waals surface area contributed by atoms with Gasteiger partial charge in [0.05, 0.1) is 21.7 Å². The third-order valence-electron chi connectivity index (χ3n) is 4.47. The van der Waals surface area contributed by atoms with Gasteiger partial charge in [-0.25, -0.2) is 9.37 Å². The molecule has 8 heteroatoms.